The summed E-state index contributed by atoms with van der Waals surface area (Å²) in [5.41, 5.74) is 1.86. The fourth-order valence-corrected chi connectivity index (χ4v) is 2.34. The molecule has 0 saturated carbocycles. The Labute approximate surface area is 127 Å². The summed E-state index contributed by atoms with van der Waals surface area (Å²) in [6.07, 6.45) is 10.9. The summed E-state index contributed by atoms with van der Waals surface area (Å²) in [6, 6.07) is 1.75. The van der Waals surface area contributed by atoms with Gasteiger partial charge in [0.25, 0.3) is 0 Å². The molecular formula is C15H18N6O. The van der Waals surface area contributed by atoms with Gasteiger partial charge in [-0.15, -0.1) is 0 Å². The number of H-pyrrole nitrogens is 1. The first-order chi connectivity index (χ1) is 10.8. The molecule has 0 aromatic carbocycles. The van der Waals surface area contributed by atoms with E-state index in [0.717, 1.165) is 17.7 Å². The number of hydrogen-bond donors (Lipinski definition) is 2. The summed E-state index contributed by atoms with van der Waals surface area (Å²) < 4.78 is 1.86. The quantitative estimate of drug-likeness (QED) is 0.724. The van der Waals surface area contributed by atoms with Crippen LogP contribution in [0.5, 0.6) is 0 Å². The molecule has 0 radical (unpaired) electrons. The highest BCUT2D eigenvalue weighted by Gasteiger charge is 2.16. The van der Waals surface area contributed by atoms with Gasteiger partial charge in [0.05, 0.1) is 17.9 Å². The van der Waals surface area contributed by atoms with E-state index in [2.05, 4.69) is 25.5 Å². The van der Waals surface area contributed by atoms with Gasteiger partial charge in [-0.1, -0.05) is 6.92 Å². The van der Waals surface area contributed by atoms with E-state index >= 15 is 0 Å². The van der Waals surface area contributed by atoms with Gasteiger partial charge in [0.1, 0.15) is 0 Å². The van der Waals surface area contributed by atoms with Crippen molar-refractivity contribution in [3.05, 3.63) is 48.3 Å². The van der Waals surface area contributed by atoms with Crippen molar-refractivity contribution >= 4 is 11.7 Å². The molecule has 3 aromatic heterocycles. The van der Waals surface area contributed by atoms with E-state index in [1.54, 1.807) is 18.6 Å². The van der Waals surface area contributed by atoms with Crippen molar-refractivity contribution in [1.29, 1.82) is 0 Å². The second kappa shape index (κ2) is 6.38. The van der Waals surface area contributed by atoms with Gasteiger partial charge in [-0.2, -0.15) is 5.10 Å². The largest absolute Gasteiger partial charge is 0.348 e. The van der Waals surface area contributed by atoms with Crippen molar-refractivity contribution in [3.63, 3.8) is 0 Å². The van der Waals surface area contributed by atoms with Gasteiger partial charge in [0, 0.05) is 31.2 Å². The number of hydrogen-bond acceptors (Lipinski definition) is 4. The average molecular weight is 298 g/mol. The molecule has 0 aliphatic heterocycles. The monoisotopic (exact) mass is 298 g/mol. The second-order valence-electron chi connectivity index (χ2n) is 5.13. The Bertz CT molecular complexity index is 715. The van der Waals surface area contributed by atoms with Gasteiger partial charge in [0.15, 0.2) is 0 Å². The van der Waals surface area contributed by atoms with Gasteiger partial charge >= 0.3 is 0 Å². The second-order valence-corrected chi connectivity index (χ2v) is 5.13. The Balaban J connectivity index is 1.64. The minimum absolute atomic E-state index is 0.0121. The number of amides is 1. The molecule has 0 saturated heterocycles. The molecule has 3 rings (SSSR count). The van der Waals surface area contributed by atoms with Gasteiger partial charge in [0.2, 0.25) is 11.7 Å². The van der Waals surface area contributed by atoms with Crippen LogP contribution < -0.4 is 5.32 Å². The molecule has 7 nitrogen and oxygen atoms in total. The van der Waals surface area contributed by atoms with Crippen molar-refractivity contribution in [1.82, 2.24) is 29.9 Å². The van der Waals surface area contributed by atoms with Crippen LogP contribution in [0.4, 0.5) is 0 Å². The number of aromatic amines is 1. The van der Waals surface area contributed by atoms with Crippen LogP contribution >= 0.6 is 0 Å². The van der Waals surface area contributed by atoms with Crippen LogP contribution in [0.25, 0.3) is 5.78 Å². The Hall–Kier alpha value is -2.70. The third-order valence-electron chi connectivity index (χ3n) is 3.55. The minimum Gasteiger partial charge on any atom is -0.348 e. The highest BCUT2D eigenvalue weighted by molar-refractivity contribution is 5.76. The number of fused-ring (bicyclic) bond motifs is 1. The third-order valence-corrected chi connectivity index (χ3v) is 3.55. The van der Waals surface area contributed by atoms with E-state index in [0.29, 0.717) is 18.6 Å². The van der Waals surface area contributed by atoms with Crippen LogP contribution in [0.2, 0.25) is 0 Å². The van der Waals surface area contributed by atoms with E-state index in [1.165, 1.54) is 0 Å². The van der Waals surface area contributed by atoms with Crippen LogP contribution in [0, 0.1) is 0 Å². The lowest BCUT2D eigenvalue weighted by molar-refractivity contribution is -0.121. The maximum absolute atomic E-state index is 12.1. The highest BCUT2D eigenvalue weighted by Crippen LogP contribution is 2.16. The average Bonchev–Trinajstić information content (AvgIpc) is 3.19. The number of nitrogens with zero attached hydrogens (tertiary/aromatic N) is 4. The molecule has 0 spiro atoms. The molecular weight excluding hydrogens is 280 g/mol. The van der Waals surface area contributed by atoms with Gasteiger partial charge < -0.3 is 5.32 Å². The van der Waals surface area contributed by atoms with Crippen molar-refractivity contribution < 1.29 is 4.79 Å². The fourth-order valence-electron chi connectivity index (χ4n) is 2.34. The Morgan fingerprint density at radius 2 is 2.41 bits per heavy atom. The predicted octanol–water partition coefficient (Wildman–Crippen LogP) is 1.65. The van der Waals surface area contributed by atoms with E-state index in [1.807, 2.05) is 29.8 Å². The maximum Gasteiger partial charge on any atom is 0.233 e. The van der Waals surface area contributed by atoms with Gasteiger partial charge in [-0.25, -0.2) is 9.97 Å². The number of aryl methyl sites for hydroxylation is 1. The van der Waals surface area contributed by atoms with E-state index in [4.69, 9.17) is 0 Å². The molecule has 1 unspecified atom stereocenters. The summed E-state index contributed by atoms with van der Waals surface area (Å²) in [5, 5.41) is 9.65. The first-order valence-electron chi connectivity index (χ1n) is 7.33. The van der Waals surface area contributed by atoms with Crippen LogP contribution in [0.1, 0.15) is 37.1 Å². The third kappa shape index (κ3) is 3.13. The number of rotatable bonds is 6. The zero-order valence-corrected chi connectivity index (χ0v) is 12.4. The standard InChI is InChI=1S/C15H18N6O/c1-2-12(13-10-21-7-3-6-16-15(21)20-13)19-14(22)5-4-11-8-17-18-9-11/h3,6-10,12H,2,4-5H2,1H3,(H,17,18)(H,19,22). The molecule has 22 heavy (non-hydrogen) atoms. The summed E-state index contributed by atoms with van der Waals surface area (Å²) in [5.74, 6) is 0.654. The first kappa shape index (κ1) is 14.2. The molecule has 2 N–H and O–H groups in total. The predicted molar refractivity (Wildman–Crippen MR) is 81.1 cm³/mol. The molecule has 7 heteroatoms. The topological polar surface area (TPSA) is 88.0 Å². The van der Waals surface area contributed by atoms with Crippen molar-refractivity contribution in [2.75, 3.05) is 0 Å². The maximum atomic E-state index is 12.1. The molecule has 0 fully saturated rings. The number of carbonyl (C=O) groups is 1. The lowest BCUT2D eigenvalue weighted by atomic mass is 10.1. The van der Waals surface area contributed by atoms with E-state index in [9.17, 15) is 4.79 Å². The SMILES string of the molecule is CCC(NC(=O)CCc1cn[nH]c1)c1cn2cccnc2n1. The molecule has 0 aliphatic carbocycles. The van der Waals surface area contributed by atoms with Crippen LogP contribution in [0.3, 0.4) is 0 Å². The molecule has 1 amide bonds. The van der Waals surface area contributed by atoms with Crippen LogP contribution in [-0.4, -0.2) is 30.5 Å². The number of imidazole rings is 1. The molecule has 114 valence electrons. The van der Waals surface area contributed by atoms with E-state index in [-0.39, 0.29) is 11.9 Å². The summed E-state index contributed by atoms with van der Waals surface area (Å²) in [7, 11) is 0. The fraction of sp³-hybridized carbons (Fsp3) is 0.333. The first-order valence-corrected chi connectivity index (χ1v) is 7.33. The Morgan fingerprint density at radius 3 is 3.14 bits per heavy atom. The van der Waals surface area contributed by atoms with Crippen molar-refractivity contribution in [3.8, 4) is 0 Å². The minimum atomic E-state index is -0.0986. The van der Waals surface area contributed by atoms with Gasteiger partial charge in [-0.3, -0.25) is 14.3 Å². The Morgan fingerprint density at radius 1 is 1.50 bits per heavy atom. The number of carbonyl (C=O) groups excluding carboxylic acids is 1. The molecule has 0 aliphatic rings. The number of nitrogens with one attached hydrogen (secondary N) is 2. The lowest BCUT2D eigenvalue weighted by Crippen LogP contribution is -2.28. The number of aromatic nitrogens is 5. The molecule has 3 heterocycles. The molecule has 1 atom stereocenters. The zero-order valence-electron chi connectivity index (χ0n) is 12.4. The summed E-state index contributed by atoms with van der Waals surface area (Å²) in [6.45, 7) is 2.03. The molecule has 0 bridgehead atoms. The Kier molecular flexibility index (Phi) is 4.13. The van der Waals surface area contributed by atoms with Gasteiger partial charge in [-0.05, 0) is 24.5 Å². The smallest absolute Gasteiger partial charge is 0.233 e. The summed E-state index contributed by atoms with van der Waals surface area (Å²) >= 11 is 0. The summed E-state index contributed by atoms with van der Waals surface area (Å²) in [4.78, 5) is 20.8. The van der Waals surface area contributed by atoms with Crippen molar-refractivity contribution in [2.45, 2.75) is 32.2 Å². The van der Waals surface area contributed by atoms with Crippen LogP contribution in [0.15, 0.2) is 37.1 Å². The zero-order chi connectivity index (χ0) is 15.4. The normalized spacial score (nSPS) is 12.4. The van der Waals surface area contributed by atoms with E-state index < -0.39 is 0 Å². The molecule has 3 aromatic rings. The highest BCUT2D eigenvalue weighted by atomic mass is 16.1. The van der Waals surface area contributed by atoms with Crippen LogP contribution in [-0.2, 0) is 11.2 Å². The van der Waals surface area contributed by atoms with Crippen molar-refractivity contribution in [2.24, 2.45) is 0 Å². The lowest BCUT2D eigenvalue weighted by Gasteiger charge is -2.14.